The number of Topliss-reactive ketones (excluding diaryl/α,β-unsaturated/α-hetero) is 1. The van der Waals surface area contributed by atoms with Gasteiger partial charge < -0.3 is 5.11 Å². The fraction of sp³-hybridized carbons (Fsp3) is 0.893. The van der Waals surface area contributed by atoms with Crippen LogP contribution in [0.3, 0.4) is 0 Å². The molecule has 0 radical (unpaired) electrons. The highest BCUT2D eigenvalue weighted by Gasteiger charge is 2.62. The molecule has 0 amide bonds. The maximum absolute atomic E-state index is 13.3. The lowest BCUT2D eigenvalue weighted by Crippen LogP contribution is -2.57. The zero-order valence-electron chi connectivity index (χ0n) is 20.4. The van der Waals surface area contributed by atoms with Gasteiger partial charge in [-0.1, -0.05) is 53.7 Å². The zero-order chi connectivity index (χ0) is 21.8. The van der Waals surface area contributed by atoms with Gasteiger partial charge >= 0.3 is 0 Å². The molecule has 4 saturated carbocycles. The first-order valence-corrected chi connectivity index (χ1v) is 13.0. The Balaban J connectivity index is 1.55. The van der Waals surface area contributed by atoms with Crippen LogP contribution in [0.25, 0.3) is 0 Å². The van der Waals surface area contributed by atoms with Gasteiger partial charge in [0.15, 0.2) is 0 Å². The molecule has 0 aromatic heterocycles. The molecule has 0 heterocycles. The van der Waals surface area contributed by atoms with Crippen LogP contribution in [-0.2, 0) is 4.79 Å². The van der Waals surface area contributed by atoms with E-state index >= 15 is 0 Å². The van der Waals surface area contributed by atoms with E-state index in [1.807, 2.05) is 0 Å². The van der Waals surface area contributed by atoms with E-state index in [9.17, 15) is 9.90 Å². The van der Waals surface area contributed by atoms with Crippen molar-refractivity contribution in [3.8, 4) is 0 Å². The second-order valence-electron chi connectivity index (χ2n) is 12.6. The highest BCUT2D eigenvalue weighted by atomic mass is 16.3. The van der Waals surface area contributed by atoms with Crippen molar-refractivity contribution < 1.29 is 9.90 Å². The van der Waals surface area contributed by atoms with Gasteiger partial charge in [0.1, 0.15) is 5.78 Å². The van der Waals surface area contributed by atoms with Gasteiger partial charge in [-0.3, -0.25) is 4.79 Å². The number of carbonyl (C=O) groups excluding carboxylic acids is 1. The van der Waals surface area contributed by atoms with Crippen LogP contribution < -0.4 is 0 Å². The summed E-state index contributed by atoms with van der Waals surface area (Å²) in [6.45, 7) is 14.3. The summed E-state index contributed by atoms with van der Waals surface area (Å²) in [6, 6.07) is 0. The highest BCUT2D eigenvalue weighted by Crippen LogP contribution is 2.67. The summed E-state index contributed by atoms with van der Waals surface area (Å²) < 4.78 is 0. The van der Waals surface area contributed by atoms with Gasteiger partial charge in [0.25, 0.3) is 0 Å². The largest absolute Gasteiger partial charge is 0.393 e. The Labute approximate surface area is 185 Å². The monoisotopic (exact) mass is 414 g/mol. The van der Waals surface area contributed by atoms with Crippen molar-refractivity contribution in [2.45, 2.75) is 99.0 Å². The molecule has 4 aliphatic rings. The Morgan fingerprint density at radius 3 is 2.33 bits per heavy atom. The second-order valence-corrected chi connectivity index (χ2v) is 12.6. The molecule has 0 unspecified atom stereocenters. The van der Waals surface area contributed by atoms with Gasteiger partial charge in [0, 0.05) is 12.3 Å². The third kappa shape index (κ3) is 3.54. The number of fused-ring (bicyclic) bond motifs is 5. The first-order valence-electron chi connectivity index (χ1n) is 13.0. The summed E-state index contributed by atoms with van der Waals surface area (Å²) in [7, 11) is 0. The fourth-order valence-corrected chi connectivity index (χ4v) is 8.76. The van der Waals surface area contributed by atoms with Gasteiger partial charge in [0.2, 0.25) is 0 Å². The number of carbonyl (C=O) groups is 1. The molecule has 0 spiro atoms. The fourth-order valence-electron chi connectivity index (χ4n) is 8.76. The van der Waals surface area contributed by atoms with Crippen molar-refractivity contribution in [2.24, 2.45) is 58.2 Å². The lowest BCUT2D eigenvalue weighted by Gasteiger charge is -2.60. The maximum atomic E-state index is 13.3. The summed E-state index contributed by atoms with van der Waals surface area (Å²) in [5, 5.41) is 10.5. The van der Waals surface area contributed by atoms with E-state index in [0.29, 0.717) is 46.7 Å². The average molecular weight is 415 g/mol. The van der Waals surface area contributed by atoms with Crippen molar-refractivity contribution in [1.82, 2.24) is 0 Å². The van der Waals surface area contributed by atoms with Gasteiger partial charge in [-0.05, 0) is 97.2 Å². The average Bonchev–Trinajstić information content (AvgIpc) is 3.02. The maximum Gasteiger partial charge on any atom is 0.136 e. The topological polar surface area (TPSA) is 37.3 Å². The molecule has 4 fully saturated rings. The Bertz CT molecular complexity index is 680. The number of hydrogen-bond acceptors (Lipinski definition) is 2. The highest BCUT2D eigenvalue weighted by molar-refractivity contribution is 5.83. The molecule has 10 atom stereocenters. The SMILES string of the molecule is CC(C)[C@@H](C)/C=C/[C@@H](C)[C@H]1CC[C@H]2[C@@H]3CC(=O)[C@H]4CC[C@H](O)C[C@]4(C)[C@H]3CC[C@]12C. The van der Waals surface area contributed by atoms with Gasteiger partial charge in [-0.2, -0.15) is 0 Å². The summed E-state index contributed by atoms with van der Waals surface area (Å²) in [5.41, 5.74) is 0.415. The minimum Gasteiger partial charge on any atom is -0.393 e. The standard InChI is InChI=1S/C28H46O2/c1-17(2)18(3)7-8-19(4)22-11-12-23-21-15-26(30)25-10-9-20(29)16-28(25,6)24(21)13-14-27(22,23)5/h7-8,17-25,29H,9-16H2,1-6H3/b8-7+/t18-,19+,20-,21-,22+,23-,24-,25+,27+,28+/m0/s1. The van der Waals surface area contributed by atoms with Gasteiger partial charge in [-0.15, -0.1) is 0 Å². The molecule has 4 aliphatic carbocycles. The van der Waals surface area contributed by atoms with Crippen LogP contribution in [-0.4, -0.2) is 17.0 Å². The van der Waals surface area contributed by atoms with E-state index in [1.165, 1.54) is 25.7 Å². The lowest BCUT2D eigenvalue weighted by molar-refractivity contribution is -0.160. The predicted molar refractivity (Wildman–Crippen MR) is 124 cm³/mol. The van der Waals surface area contributed by atoms with Crippen LogP contribution in [0.2, 0.25) is 0 Å². The van der Waals surface area contributed by atoms with E-state index in [1.54, 1.807) is 0 Å². The van der Waals surface area contributed by atoms with E-state index in [4.69, 9.17) is 0 Å². The van der Waals surface area contributed by atoms with Crippen LogP contribution in [0.4, 0.5) is 0 Å². The lowest BCUT2D eigenvalue weighted by atomic mass is 9.44. The smallest absolute Gasteiger partial charge is 0.136 e. The molecule has 2 heteroatoms. The Morgan fingerprint density at radius 2 is 1.63 bits per heavy atom. The minimum atomic E-state index is -0.199. The van der Waals surface area contributed by atoms with Crippen molar-refractivity contribution in [3.05, 3.63) is 12.2 Å². The molecule has 1 N–H and O–H groups in total. The molecule has 4 rings (SSSR count). The first kappa shape index (κ1) is 22.6. The Morgan fingerprint density at radius 1 is 0.933 bits per heavy atom. The van der Waals surface area contributed by atoms with Crippen molar-refractivity contribution in [2.75, 3.05) is 0 Å². The summed E-state index contributed by atoms with van der Waals surface area (Å²) in [6.07, 6.45) is 13.4. The number of rotatable bonds is 4. The quantitative estimate of drug-likeness (QED) is 0.522. The molecule has 170 valence electrons. The van der Waals surface area contributed by atoms with Gasteiger partial charge in [0.05, 0.1) is 6.10 Å². The number of aliphatic hydroxyl groups is 1. The normalized spacial score (nSPS) is 48.3. The summed E-state index contributed by atoms with van der Waals surface area (Å²) in [5.74, 6) is 5.33. The zero-order valence-corrected chi connectivity index (χ0v) is 20.4. The van der Waals surface area contributed by atoms with E-state index < -0.39 is 0 Å². The second kappa shape index (κ2) is 8.05. The van der Waals surface area contributed by atoms with E-state index in [0.717, 1.165) is 31.6 Å². The van der Waals surface area contributed by atoms with Crippen LogP contribution in [0.5, 0.6) is 0 Å². The van der Waals surface area contributed by atoms with Crippen molar-refractivity contribution in [3.63, 3.8) is 0 Å². The van der Waals surface area contributed by atoms with Crippen molar-refractivity contribution in [1.29, 1.82) is 0 Å². The van der Waals surface area contributed by atoms with Crippen LogP contribution in [0, 0.1) is 58.2 Å². The number of allylic oxidation sites excluding steroid dienone is 2. The van der Waals surface area contributed by atoms with Crippen LogP contribution >= 0.6 is 0 Å². The van der Waals surface area contributed by atoms with Crippen LogP contribution in [0.1, 0.15) is 92.9 Å². The van der Waals surface area contributed by atoms with E-state index in [-0.39, 0.29) is 17.4 Å². The Kier molecular flexibility index (Phi) is 6.06. The molecular weight excluding hydrogens is 368 g/mol. The molecular formula is C28H46O2. The first-order chi connectivity index (χ1) is 14.1. The molecule has 2 nitrogen and oxygen atoms in total. The molecule has 0 bridgehead atoms. The number of ketones is 1. The van der Waals surface area contributed by atoms with Crippen molar-refractivity contribution >= 4 is 5.78 Å². The summed E-state index contributed by atoms with van der Waals surface area (Å²) >= 11 is 0. The van der Waals surface area contributed by atoms with Gasteiger partial charge in [-0.25, -0.2) is 0 Å². The third-order valence-corrected chi connectivity index (χ3v) is 10.8. The molecule has 0 aromatic carbocycles. The molecule has 0 aliphatic heterocycles. The number of hydrogen-bond donors (Lipinski definition) is 1. The molecule has 0 saturated heterocycles. The van der Waals surface area contributed by atoms with Crippen LogP contribution in [0.15, 0.2) is 12.2 Å². The van der Waals surface area contributed by atoms with E-state index in [2.05, 4.69) is 53.7 Å². The summed E-state index contributed by atoms with van der Waals surface area (Å²) in [4.78, 5) is 13.3. The molecule has 0 aromatic rings. The predicted octanol–water partition coefficient (Wildman–Crippen LogP) is 6.67. The minimum absolute atomic E-state index is 0.0370. The number of aliphatic hydroxyl groups excluding tert-OH is 1. The molecule has 30 heavy (non-hydrogen) atoms. The third-order valence-electron chi connectivity index (χ3n) is 10.8. The Hall–Kier alpha value is -0.630.